The van der Waals surface area contributed by atoms with Gasteiger partial charge in [0.25, 0.3) is 0 Å². The number of carboxylic acids is 1. The second-order valence-electron chi connectivity index (χ2n) is 8.91. The summed E-state index contributed by atoms with van der Waals surface area (Å²) in [5.74, 6) is -0.408. The van der Waals surface area contributed by atoms with Crippen LogP contribution in [0, 0.1) is 22.2 Å². The smallest absolute Gasteiger partial charge is 0.303 e. The number of aliphatic carboxylic acids is 1. The lowest BCUT2D eigenvalue weighted by Gasteiger charge is -2.31. The van der Waals surface area contributed by atoms with E-state index in [2.05, 4.69) is 20.8 Å². The zero-order valence-corrected chi connectivity index (χ0v) is 17.6. The summed E-state index contributed by atoms with van der Waals surface area (Å²) in [7, 11) is 0. The minimum absolute atomic E-state index is 0.141. The van der Waals surface area contributed by atoms with Crippen molar-refractivity contribution in [3.63, 3.8) is 0 Å². The molecule has 0 aromatic carbocycles. The summed E-state index contributed by atoms with van der Waals surface area (Å²) in [5.41, 5.74) is -2.08. The minimum Gasteiger partial charge on any atom is -0.481 e. The van der Waals surface area contributed by atoms with Gasteiger partial charge in [-0.25, -0.2) is 0 Å². The summed E-state index contributed by atoms with van der Waals surface area (Å²) < 4.78 is 5.15. The summed E-state index contributed by atoms with van der Waals surface area (Å²) in [6, 6.07) is 0. The predicted molar refractivity (Wildman–Crippen MR) is 104 cm³/mol. The fourth-order valence-corrected chi connectivity index (χ4v) is 2.47. The van der Waals surface area contributed by atoms with Crippen molar-refractivity contribution in [2.24, 2.45) is 22.2 Å². The first-order valence-corrected chi connectivity index (χ1v) is 9.33. The van der Waals surface area contributed by atoms with Gasteiger partial charge in [0.2, 0.25) is 0 Å². The van der Waals surface area contributed by atoms with Crippen molar-refractivity contribution < 1.29 is 45.3 Å². The maximum atomic E-state index is 10.3. The Labute approximate surface area is 167 Å². The van der Waals surface area contributed by atoms with Crippen molar-refractivity contribution in [3.8, 4) is 0 Å². The van der Waals surface area contributed by atoms with Gasteiger partial charge in [-0.05, 0) is 17.8 Å². The van der Waals surface area contributed by atoms with E-state index in [9.17, 15) is 4.79 Å². The number of ether oxygens (including phenoxy) is 1. The van der Waals surface area contributed by atoms with Crippen LogP contribution in [-0.4, -0.2) is 94.6 Å². The zero-order chi connectivity index (χ0) is 22.4. The summed E-state index contributed by atoms with van der Waals surface area (Å²) in [6.07, 6.45) is 1.26. The monoisotopic (exact) mass is 412 g/mol. The third-order valence-corrected chi connectivity index (χ3v) is 4.31. The quantitative estimate of drug-likeness (QED) is 0.210. The molecule has 1 unspecified atom stereocenters. The number of hydrogen-bond acceptors (Lipinski definition) is 8. The van der Waals surface area contributed by atoms with E-state index in [-0.39, 0.29) is 31.0 Å². The molecule has 0 saturated heterocycles. The van der Waals surface area contributed by atoms with Crippen LogP contribution in [0.2, 0.25) is 0 Å². The van der Waals surface area contributed by atoms with Crippen molar-refractivity contribution in [1.82, 2.24) is 0 Å². The molecule has 0 fully saturated rings. The van der Waals surface area contributed by atoms with E-state index in [1.807, 2.05) is 6.92 Å². The van der Waals surface area contributed by atoms with Gasteiger partial charge >= 0.3 is 5.97 Å². The van der Waals surface area contributed by atoms with Crippen LogP contribution >= 0.6 is 0 Å². The Balaban J connectivity index is 0. The molecule has 0 bridgehead atoms. The summed E-state index contributed by atoms with van der Waals surface area (Å²) in [5, 5.41) is 62.7. The second kappa shape index (κ2) is 14.2. The van der Waals surface area contributed by atoms with E-state index in [0.29, 0.717) is 0 Å². The fraction of sp³-hybridized carbons (Fsp3) is 0.947. The SMILES string of the molecule is CC(CC(=O)O)CC(C)(C)C.OCC(CO)(CO)COCC(CO)(CO)CO. The average Bonchev–Trinajstić information content (AvgIpc) is 2.61. The molecular weight excluding hydrogens is 372 g/mol. The lowest BCUT2D eigenvalue weighted by Crippen LogP contribution is -2.43. The van der Waals surface area contributed by atoms with Gasteiger partial charge < -0.3 is 40.5 Å². The van der Waals surface area contributed by atoms with Gasteiger partial charge in [-0.2, -0.15) is 0 Å². The van der Waals surface area contributed by atoms with Crippen LogP contribution in [0.1, 0.15) is 40.5 Å². The number of rotatable bonds is 13. The van der Waals surface area contributed by atoms with Crippen LogP contribution in [-0.2, 0) is 9.53 Å². The molecule has 0 aliphatic rings. The molecule has 0 radical (unpaired) electrons. The van der Waals surface area contributed by atoms with Crippen LogP contribution in [0.3, 0.4) is 0 Å². The number of aliphatic hydroxyl groups excluding tert-OH is 6. The summed E-state index contributed by atoms with van der Waals surface area (Å²) >= 11 is 0. The number of hydrogen-bond donors (Lipinski definition) is 7. The molecule has 0 saturated carbocycles. The highest BCUT2D eigenvalue weighted by atomic mass is 16.5. The van der Waals surface area contributed by atoms with E-state index >= 15 is 0 Å². The van der Waals surface area contributed by atoms with Gasteiger partial charge in [-0.1, -0.05) is 27.7 Å². The molecule has 0 spiro atoms. The Morgan fingerprint density at radius 1 is 0.786 bits per heavy atom. The van der Waals surface area contributed by atoms with E-state index in [1.165, 1.54) is 0 Å². The maximum absolute atomic E-state index is 10.3. The molecular formula is C19H40O9. The predicted octanol–water partition coefficient (Wildman–Crippen LogP) is -0.537. The standard InChI is InChI=1S/C10H22O7.C9H18O2/c11-1-9(2-12,3-13)7-17-8-10(4-14,5-15)6-16;1-7(5-8(10)11)6-9(2,3)4/h11-16H,1-8H2;7H,5-6H2,1-4H3,(H,10,11). The van der Waals surface area contributed by atoms with Crippen molar-refractivity contribution in [2.75, 3.05) is 52.9 Å². The Hall–Kier alpha value is -0.810. The lowest BCUT2D eigenvalue weighted by atomic mass is 9.84. The van der Waals surface area contributed by atoms with Gasteiger partial charge in [0.15, 0.2) is 0 Å². The van der Waals surface area contributed by atoms with Crippen LogP contribution in [0.25, 0.3) is 0 Å². The van der Waals surface area contributed by atoms with Crippen LogP contribution in [0.5, 0.6) is 0 Å². The van der Waals surface area contributed by atoms with Crippen molar-refractivity contribution in [2.45, 2.75) is 40.5 Å². The normalized spacial score (nSPS) is 13.6. The first-order chi connectivity index (χ1) is 12.9. The first kappa shape index (κ1) is 29.4. The van der Waals surface area contributed by atoms with Crippen molar-refractivity contribution in [1.29, 1.82) is 0 Å². The molecule has 28 heavy (non-hydrogen) atoms. The van der Waals surface area contributed by atoms with Gasteiger partial charge in [-0.15, -0.1) is 0 Å². The van der Waals surface area contributed by atoms with Gasteiger partial charge in [0.05, 0.1) is 63.7 Å². The highest BCUT2D eigenvalue weighted by Crippen LogP contribution is 2.25. The highest BCUT2D eigenvalue weighted by Gasteiger charge is 2.32. The van der Waals surface area contributed by atoms with E-state index in [0.717, 1.165) is 6.42 Å². The molecule has 0 aromatic heterocycles. The Kier molecular flexibility index (Phi) is 14.9. The van der Waals surface area contributed by atoms with Crippen LogP contribution in [0.15, 0.2) is 0 Å². The van der Waals surface area contributed by atoms with Crippen LogP contribution in [0.4, 0.5) is 0 Å². The molecule has 0 aromatic rings. The number of carboxylic acid groups (broad SMARTS) is 1. The van der Waals surface area contributed by atoms with Gasteiger partial charge in [0.1, 0.15) is 0 Å². The average molecular weight is 413 g/mol. The van der Waals surface area contributed by atoms with Crippen LogP contribution < -0.4 is 0 Å². The van der Waals surface area contributed by atoms with Crippen molar-refractivity contribution in [3.05, 3.63) is 0 Å². The third kappa shape index (κ3) is 12.6. The number of carbonyl (C=O) groups is 1. The van der Waals surface area contributed by atoms with Gasteiger partial charge in [-0.3, -0.25) is 4.79 Å². The summed E-state index contributed by atoms with van der Waals surface area (Å²) in [6.45, 7) is 5.37. The molecule has 9 nitrogen and oxygen atoms in total. The summed E-state index contributed by atoms with van der Waals surface area (Å²) in [4.78, 5) is 10.3. The molecule has 0 aliphatic heterocycles. The Morgan fingerprint density at radius 2 is 1.11 bits per heavy atom. The third-order valence-electron chi connectivity index (χ3n) is 4.31. The number of aliphatic hydroxyl groups is 6. The molecule has 0 heterocycles. The highest BCUT2D eigenvalue weighted by molar-refractivity contribution is 5.66. The zero-order valence-electron chi connectivity index (χ0n) is 17.6. The Morgan fingerprint density at radius 3 is 1.32 bits per heavy atom. The molecule has 1 atom stereocenters. The van der Waals surface area contributed by atoms with Gasteiger partial charge in [0, 0.05) is 6.42 Å². The molecule has 170 valence electrons. The lowest BCUT2D eigenvalue weighted by molar-refractivity contribution is -0.138. The van der Waals surface area contributed by atoms with E-state index in [1.54, 1.807) is 0 Å². The largest absolute Gasteiger partial charge is 0.481 e. The Bertz CT molecular complexity index is 362. The minimum atomic E-state index is -1.16. The maximum Gasteiger partial charge on any atom is 0.303 e. The van der Waals surface area contributed by atoms with E-state index in [4.69, 9.17) is 40.5 Å². The fourth-order valence-electron chi connectivity index (χ4n) is 2.47. The second-order valence-corrected chi connectivity index (χ2v) is 8.91. The first-order valence-electron chi connectivity index (χ1n) is 9.33. The van der Waals surface area contributed by atoms with Crippen molar-refractivity contribution >= 4 is 5.97 Å². The molecule has 7 N–H and O–H groups in total. The van der Waals surface area contributed by atoms with E-state index < -0.39 is 56.4 Å². The molecule has 0 rings (SSSR count). The topological polar surface area (TPSA) is 168 Å². The molecule has 9 heteroatoms. The molecule has 0 amide bonds. The molecule has 0 aliphatic carbocycles.